The predicted molar refractivity (Wildman–Crippen MR) is 146 cm³/mol. The molecule has 4 rings (SSSR count). The van der Waals surface area contributed by atoms with Crippen LogP contribution in [0.3, 0.4) is 0 Å². The summed E-state index contributed by atoms with van der Waals surface area (Å²) in [7, 11) is 3.02. The van der Waals surface area contributed by atoms with Gasteiger partial charge in [-0.15, -0.1) is 11.8 Å². The van der Waals surface area contributed by atoms with Gasteiger partial charge in [0.05, 0.1) is 19.5 Å². The Hall–Kier alpha value is -3.97. The molecule has 36 heavy (non-hydrogen) atoms. The van der Waals surface area contributed by atoms with Gasteiger partial charge in [0.25, 0.3) is 5.91 Å². The molecule has 0 bridgehead atoms. The molecule has 4 aromatic carbocycles. The highest BCUT2D eigenvalue weighted by Gasteiger charge is 2.20. The number of carbonyl (C=O) groups is 2. The average molecular weight is 501 g/mol. The fraction of sp³-hybridized carbons (Fsp3) is 0.172. The van der Waals surface area contributed by atoms with Gasteiger partial charge in [0.1, 0.15) is 17.1 Å². The zero-order valence-electron chi connectivity index (χ0n) is 20.4. The Morgan fingerprint density at radius 1 is 0.778 bits per heavy atom. The largest absolute Gasteiger partial charge is 0.496 e. The SMILES string of the molecule is CCC(Sc1cccc(NC(=O)c2c(OC)cccc2OC)c1)C(=O)Nc1ccc2ccccc2c1. The minimum absolute atomic E-state index is 0.0639. The van der Waals surface area contributed by atoms with E-state index < -0.39 is 0 Å². The number of hydrogen-bond donors (Lipinski definition) is 2. The molecule has 1 atom stereocenters. The van der Waals surface area contributed by atoms with Crippen molar-refractivity contribution < 1.29 is 19.1 Å². The summed E-state index contributed by atoms with van der Waals surface area (Å²) in [6.45, 7) is 1.98. The Morgan fingerprint density at radius 2 is 1.44 bits per heavy atom. The highest BCUT2D eigenvalue weighted by molar-refractivity contribution is 8.00. The summed E-state index contributed by atoms with van der Waals surface area (Å²) in [5.74, 6) is 0.445. The van der Waals surface area contributed by atoms with Crippen LogP contribution in [0.2, 0.25) is 0 Å². The molecular formula is C29H28N2O4S. The van der Waals surface area contributed by atoms with Crippen molar-refractivity contribution >= 4 is 45.7 Å². The third-order valence-corrected chi connectivity index (χ3v) is 7.06. The van der Waals surface area contributed by atoms with E-state index in [4.69, 9.17) is 9.47 Å². The number of rotatable bonds is 9. The normalized spacial score (nSPS) is 11.5. The molecule has 0 spiro atoms. The third-order valence-electron chi connectivity index (χ3n) is 5.71. The first-order chi connectivity index (χ1) is 17.5. The number of methoxy groups -OCH3 is 2. The molecule has 0 heterocycles. The van der Waals surface area contributed by atoms with Crippen LogP contribution < -0.4 is 20.1 Å². The van der Waals surface area contributed by atoms with Crippen molar-refractivity contribution in [1.29, 1.82) is 0 Å². The Labute approximate surface area is 215 Å². The minimum atomic E-state index is -0.340. The van der Waals surface area contributed by atoms with E-state index in [1.807, 2.05) is 67.6 Å². The maximum Gasteiger partial charge on any atom is 0.263 e. The van der Waals surface area contributed by atoms with Gasteiger partial charge in [-0.3, -0.25) is 9.59 Å². The Bertz CT molecular complexity index is 1370. The molecule has 2 amide bonds. The maximum absolute atomic E-state index is 13.0. The summed E-state index contributed by atoms with van der Waals surface area (Å²) in [6.07, 6.45) is 0.652. The van der Waals surface area contributed by atoms with Crippen molar-refractivity contribution in [3.63, 3.8) is 0 Å². The molecule has 2 N–H and O–H groups in total. The monoisotopic (exact) mass is 500 g/mol. The van der Waals surface area contributed by atoms with Gasteiger partial charge in [-0.05, 0) is 59.7 Å². The predicted octanol–water partition coefficient (Wildman–Crippen LogP) is 6.62. The first-order valence-corrected chi connectivity index (χ1v) is 12.5. The number of carbonyl (C=O) groups excluding carboxylic acids is 2. The van der Waals surface area contributed by atoms with E-state index in [1.54, 1.807) is 24.3 Å². The summed E-state index contributed by atoms with van der Waals surface area (Å²) in [6, 6.07) is 26.6. The summed E-state index contributed by atoms with van der Waals surface area (Å²) < 4.78 is 10.7. The Balaban J connectivity index is 1.46. The summed E-state index contributed by atoms with van der Waals surface area (Å²) in [4.78, 5) is 26.9. The quantitative estimate of drug-likeness (QED) is 0.253. The zero-order valence-corrected chi connectivity index (χ0v) is 21.2. The fourth-order valence-corrected chi connectivity index (χ4v) is 4.91. The molecule has 0 aromatic heterocycles. The number of hydrogen-bond acceptors (Lipinski definition) is 5. The number of amides is 2. The smallest absolute Gasteiger partial charge is 0.263 e. The van der Waals surface area contributed by atoms with E-state index in [2.05, 4.69) is 10.6 Å². The number of nitrogens with one attached hydrogen (secondary N) is 2. The second-order valence-corrected chi connectivity index (χ2v) is 9.36. The molecule has 4 aromatic rings. The summed E-state index contributed by atoms with van der Waals surface area (Å²) in [5.41, 5.74) is 1.70. The highest BCUT2D eigenvalue weighted by atomic mass is 32.2. The lowest BCUT2D eigenvalue weighted by atomic mass is 10.1. The molecular weight excluding hydrogens is 472 g/mol. The number of fused-ring (bicyclic) bond motifs is 1. The number of thioether (sulfide) groups is 1. The lowest BCUT2D eigenvalue weighted by molar-refractivity contribution is -0.115. The summed E-state index contributed by atoms with van der Waals surface area (Å²) in [5, 5.41) is 7.86. The van der Waals surface area contributed by atoms with E-state index in [9.17, 15) is 9.59 Å². The molecule has 0 saturated heterocycles. The van der Waals surface area contributed by atoms with Gasteiger partial charge in [0, 0.05) is 16.3 Å². The third kappa shape index (κ3) is 5.80. The van der Waals surface area contributed by atoms with Crippen LogP contribution in [0.4, 0.5) is 11.4 Å². The second kappa shape index (κ2) is 11.6. The van der Waals surface area contributed by atoms with Gasteiger partial charge in [0.2, 0.25) is 5.91 Å². The topological polar surface area (TPSA) is 76.7 Å². The number of anilines is 2. The maximum atomic E-state index is 13.0. The molecule has 0 aliphatic carbocycles. The van der Waals surface area contributed by atoms with Crippen molar-refractivity contribution in [2.75, 3.05) is 24.9 Å². The molecule has 1 unspecified atom stereocenters. The fourth-order valence-electron chi connectivity index (χ4n) is 3.89. The number of ether oxygens (including phenoxy) is 2. The Morgan fingerprint density at radius 3 is 2.14 bits per heavy atom. The molecule has 0 aliphatic rings. The van der Waals surface area contributed by atoms with Crippen molar-refractivity contribution in [2.24, 2.45) is 0 Å². The van der Waals surface area contributed by atoms with Gasteiger partial charge in [-0.1, -0.05) is 49.4 Å². The van der Waals surface area contributed by atoms with Gasteiger partial charge >= 0.3 is 0 Å². The minimum Gasteiger partial charge on any atom is -0.496 e. The molecule has 184 valence electrons. The van der Waals surface area contributed by atoms with Gasteiger partial charge in [-0.25, -0.2) is 0 Å². The average Bonchev–Trinajstić information content (AvgIpc) is 2.91. The van der Waals surface area contributed by atoms with Crippen LogP contribution in [0, 0.1) is 0 Å². The molecule has 0 fully saturated rings. The van der Waals surface area contributed by atoms with E-state index >= 15 is 0 Å². The van der Waals surface area contributed by atoms with Crippen molar-refractivity contribution in [3.05, 3.63) is 90.5 Å². The standard InChI is InChI=1S/C29H28N2O4S/c1-4-26(28(32)30-22-16-15-19-9-5-6-10-20(19)17-22)36-23-12-7-11-21(18-23)31-29(33)27-24(34-2)13-8-14-25(27)35-3/h5-18,26H,4H2,1-3H3,(H,30,32)(H,31,33). The molecule has 0 saturated carbocycles. The molecule has 0 aliphatic heterocycles. The first-order valence-electron chi connectivity index (χ1n) is 11.6. The van der Waals surface area contributed by atoms with Crippen LogP contribution in [0.25, 0.3) is 10.8 Å². The van der Waals surface area contributed by atoms with Crippen molar-refractivity contribution in [2.45, 2.75) is 23.5 Å². The molecule has 0 radical (unpaired) electrons. The van der Waals surface area contributed by atoms with Crippen LogP contribution in [0.15, 0.2) is 89.8 Å². The van der Waals surface area contributed by atoms with Crippen molar-refractivity contribution in [1.82, 2.24) is 0 Å². The van der Waals surface area contributed by atoms with Gasteiger partial charge in [-0.2, -0.15) is 0 Å². The van der Waals surface area contributed by atoms with Crippen LogP contribution in [-0.2, 0) is 4.79 Å². The van der Waals surface area contributed by atoms with E-state index in [1.165, 1.54) is 26.0 Å². The van der Waals surface area contributed by atoms with E-state index in [-0.39, 0.29) is 17.1 Å². The number of benzene rings is 4. The lowest BCUT2D eigenvalue weighted by Crippen LogP contribution is -2.24. The lowest BCUT2D eigenvalue weighted by Gasteiger charge is -2.16. The van der Waals surface area contributed by atoms with Crippen LogP contribution in [-0.4, -0.2) is 31.3 Å². The molecule has 6 nitrogen and oxygen atoms in total. The van der Waals surface area contributed by atoms with Crippen LogP contribution in [0.1, 0.15) is 23.7 Å². The van der Waals surface area contributed by atoms with E-state index in [0.29, 0.717) is 29.2 Å². The van der Waals surface area contributed by atoms with Crippen LogP contribution in [0.5, 0.6) is 11.5 Å². The van der Waals surface area contributed by atoms with Gasteiger partial charge in [0.15, 0.2) is 0 Å². The van der Waals surface area contributed by atoms with Crippen molar-refractivity contribution in [3.8, 4) is 11.5 Å². The highest BCUT2D eigenvalue weighted by Crippen LogP contribution is 2.31. The zero-order chi connectivity index (χ0) is 25.5. The summed E-state index contributed by atoms with van der Waals surface area (Å²) >= 11 is 1.46. The van der Waals surface area contributed by atoms with Crippen LogP contribution >= 0.6 is 11.8 Å². The van der Waals surface area contributed by atoms with Gasteiger partial charge < -0.3 is 20.1 Å². The Kier molecular flexibility index (Phi) is 8.13. The second-order valence-electron chi connectivity index (χ2n) is 8.09. The molecule has 7 heteroatoms. The van der Waals surface area contributed by atoms with E-state index in [0.717, 1.165) is 21.4 Å². The first kappa shape index (κ1) is 25.1.